The van der Waals surface area contributed by atoms with Crippen LogP contribution < -0.4 is 14.4 Å². The molecule has 1 N–H and O–H groups in total. The summed E-state index contributed by atoms with van der Waals surface area (Å²) >= 11 is 15.8. The van der Waals surface area contributed by atoms with Gasteiger partial charge in [0.05, 0.1) is 22.2 Å². The van der Waals surface area contributed by atoms with Crippen LogP contribution in [0.15, 0.2) is 70.0 Å². The maximum atomic E-state index is 14.0. The molecule has 220 valence electrons. The second-order valence-electron chi connectivity index (χ2n) is 9.74. The third-order valence-corrected chi connectivity index (χ3v) is 9.24. The van der Waals surface area contributed by atoms with Crippen LogP contribution in [-0.4, -0.2) is 50.9 Å². The summed E-state index contributed by atoms with van der Waals surface area (Å²) in [6, 6.07) is 14.9. The van der Waals surface area contributed by atoms with Gasteiger partial charge in [0.25, 0.3) is 10.0 Å². The first-order valence-electron chi connectivity index (χ1n) is 12.7. The number of amides is 2. The van der Waals surface area contributed by atoms with Crippen molar-refractivity contribution in [3.63, 3.8) is 0 Å². The molecule has 0 aliphatic rings. The van der Waals surface area contributed by atoms with Gasteiger partial charge in [-0.2, -0.15) is 0 Å². The molecule has 2 amide bonds. The normalized spacial score (nSPS) is 12.1. The van der Waals surface area contributed by atoms with Gasteiger partial charge in [-0.05, 0) is 91.7 Å². The Bertz CT molecular complexity index is 1520. The van der Waals surface area contributed by atoms with Crippen LogP contribution in [0.2, 0.25) is 10.0 Å². The van der Waals surface area contributed by atoms with E-state index in [-0.39, 0.29) is 23.4 Å². The standard InChI is InChI=1S/C29H32BrCl2N3O5S/c1-18(2)33-29(37)20(4)34(16-21-8-9-22(31)14-26(21)32)28(36)17-35(23-10-6-19(3)7-11-23)41(38,39)24-12-13-27(40-5)25(30)15-24/h6-15,18,20H,16-17H2,1-5H3,(H,33,37). The molecule has 3 aromatic carbocycles. The summed E-state index contributed by atoms with van der Waals surface area (Å²) in [6.07, 6.45) is 0. The van der Waals surface area contributed by atoms with Gasteiger partial charge >= 0.3 is 0 Å². The smallest absolute Gasteiger partial charge is 0.264 e. The molecular weight excluding hydrogens is 653 g/mol. The lowest BCUT2D eigenvalue weighted by atomic mass is 10.1. The van der Waals surface area contributed by atoms with Crippen LogP contribution >= 0.6 is 39.1 Å². The summed E-state index contributed by atoms with van der Waals surface area (Å²) in [5.41, 5.74) is 1.76. The molecule has 0 aliphatic carbocycles. The van der Waals surface area contributed by atoms with Crippen LogP contribution in [0, 0.1) is 6.92 Å². The van der Waals surface area contributed by atoms with Gasteiger partial charge in [-0.15, -0.1) is 0 Å². The molecule has 41 heavy (non-hydrogen) atoms. The Hall–Kier alpha value is -2.79. The summed E-state index contributed by atoms with van der Waals surface area (Å²) in [7, 11) is -2.76. The summed E-state index contributed by atoms with van der Waals surface area (Å²) in [5.74, 6) is -0.528. The third-order valence-electron chi connectivity index (χ3n) is 6.27. The fourth-order valence-corrected chi connectivity index (χ4v) is 6.60. The van der Waals surface area contributed by atoms with Crippen molar-refractivity contribution in [3.8, 4) is 5.75 Å². The minimum atomic E-state index is -4.24. The zero-order valence-electron chi connectivity index (χ0n) is 23.3. The first-order valence-corrected chi connectivity index (χ1v) is 15.7. The van der Waals surface area contributed by atoms with Crippen molar-refractivity contribution in [1.82, 2.24) is 10.2 Å². The number of sulfonamides is 1. The Morgan fingerprint density at radius 2 is 1.66 bits per heavy atom. The molecule has 0 aliphatic heterocycles. The number of methoxy groups -OCH3 is 1. The van der Waals surface area contributed by atoms with E-state index in [1.165, 1.54) is 30.2 Å². The fraction of sp³-hybridized carbons (Fsp3) is 0.310. The topological polar surface area (TPSA) is 96.0 Å². The SMILES string of the molecule is COc1ccc(S(=O)(=O)N(CC(=O)N(Cc2ccc(Cl)cc2Cl)C(C)C(=O)NC(C)C)c2ccc(C)cc2)cc1Br. The molecule has 1 unspecified atom stereocenters. The Morgan fingerprint density at radius 3 is 2.22 bits per heavy atom. The highest BCUT2D eigenvalue weighted by atomic mass is 79.9. The average molecular weight is 685 g/mol. The van der Waals surface area contributed by atoms with Crippen molar-refractivity contribution in [2.24, 2.45) is 0 Å². The molecule has 0 saturated heterocycles. The van der Waals surface area contributed by atoms with Gasteiger partial charge in [-0.1, -0.05) is 47.0 Å². The van der Waals surface area contributed by atoms with Gasteiger partial charge in [0.1, 0.15) is 18.3 Å². The van der Waals surface area contributed by atoms with Crippen LogP contribution in [0.3, 0.4) is 0 Å². The lowest BCUT2D eigenvalue weighted by Gasteiger charge is -2.32. The van der Waals surface area contributed by atoms with E-state index in [0.29, 0.717) is 31.5 Å². The van der Waals surface area contributed by atoms with E-state index in [0.717, 1.165) is 9.87 Å². The number of hydrogen-bond acceptors (Lipinski definition) is 5. The van der Waals surface area contributed by atoms with Gasteiger partial charge in [0, 0.05) is 22.6 Å². The van der Waals surface area contributed by atoms with Crippen LogP contribution in [0.25, 0.3) is 0 Å². The Labute approximate surface area is 259 Å². The maximum absolute atomic E-state index is 14.0. The number of rotatable bonds is 11. The minimum Gasteiger partial charge on any atom is -0.496 e. The largest absolute Gasteiger partial charge is 0.496 e. The predicted molar refractivity (Wildman–Crippen MR) is 166 cm³/mol. The zero-order valence-corrected chi connectivity index (χ0v) is 27.2. The fourth-order valence-electron chi connectivity index (χ4n) is 4.00. The number of anilines is 1. The second kappa shape index (κ2) is 13.9. The van der Waals surface area contributed by atoms with Crippen LogP contribution in [0.5, 0.6) is 5.75 Å². The summed E-state index contributed by atoms with van der Waals surface area (Å²) in [5, 5.41) is 3.55. The van der Waals surface area contributed by atoms with Crippen molar-refractivity contribution in [1.29, 1.82) is 0 Å². The highest BCUT2D eigenvalue weighted by Crippen LogP contribution is 2.31. The molecule has 0 radical (unpaired) electrons. The van der Waals surface area contributed by atoms with Crippen LogP contribution in [-0.2, 0) is 26.2 Å². The van der Waals surface area contributed by atoms with Gasteiger partial charge < -0.3 is 15.0 Å². The van der Waals surface area contributed by atoms with E-state index < -0.39 is 28.5 Å². The molecule has 0 aromatic heterocycles. The van der Waals surface area contributed by atoms with Crippen molar-refractivity contribution in [3.05, 3.63) is 86.3 Å². The summed E-state index contributed by atoms with van der Waals surface area (Å²) < 4.78 is 34.7. The second-order valence-corrected chi connectivity index (χ2v) is 13.3. The molecule has 1 atom stereocenters. The van der Waals surface area contributed by atoms with Crippen molar-refractivity contribution in [2.75, 3.05) is 18.0 Å². The molecule has 0 spiro atoms. The number of carbonyl (C=O) groups excluding carboxylic acids is 2. The number of halogens is 3. The van der Waals surface area contributed by atoms with E-state index in [9.17, 15) is 18.0 Å². The number of aryl methyl sites for hydroxylation is 1. The number of benzene rings is 3. The number of hydrogen-bond donors (Lipinski definition) is 1. The zero-order chi connectivity index (χ0) is 30.5. The highest BCUT2D eigenvalue weighted by molar-refractivity contribution is 9.10. The minimum absolute atomic E-state index is 0.0443. The molecule has 12 heteroatoms. The maximum Gasteiger partial charge on any atom is 0.264 e. The molecule has 0 fully saturated rings. The Kier molecular flexibility index (Phi) is 11.1. The summed E-state index contributed by atoms with van der Waals surface area (Å²) in [6.45, 7) is 6.47. The molecule has 0 saturated carbocycles. The van der Waals surface area contributed by atoms with Gasteiger partial charge in [-0.3, -0.25) is 13.9 Å². The van der Waals surface area contributed by atoms with Gasteiger partial charge in [-0.25, -0.2) is 8.42 Å². The molecular formula is C29H32BrCl2N3O5S. The monoisotopic (exact) mass is 683 g/mol. The average Bonchev–Trinajstić information content (AvgIpc) is 2.91. The van der Waals surface area contributed by atoms with E-state index in [4.69, 9.17) is 27.9 Å². The molecule has 8 nitrogen and oxygen atoms in total. The summed E-state index contributed by atoms with van der Waals surface area (Å²) in [4.78, 5) is 28.3. The van der Waals surface area contributed by atoms with Crippen LogP contribution in [0.1, 0.15) is 31.9 Å². The van der Waals surface area contributed by atoms with E-state index >= 15 is 0 Å². The number of nitrogens with one attached hydrogen (secondary N) is 1. The van der Waals surface area contributed by atoms with Crippen LogP contribution in [0.4, 0.5) is 5.69 Å². The number of carbonyl (C=O) groups is 2. The molecule has 3 aromatic rings. The number of ether oxygens (including phenoxy) is 1. The van der Waals surface area contributed by atoms with Crippen molar-refractivity contribution >= 4 is 66.7 Å². The first-order chi connectivity index (χ1) is 19.2. The van der Waals surface area contributed by atoms with Gasteiger partial charge in [0.2, 0.25) is 11.8 Å². The quantitative estimate of drug-likeness (QED) is 0.259. The number of nitrogens with zero attached hydrogens (tertiary/aromatic N) is 2. The lowest BCUT2D eigenvalue weighted by Crippen LogP contribution is -2.52. The first kappa shape index (κ1) is 32.7. The molecule has 0 bridgehead atoms. The highest BCUT2D eigenvalue weighted by Gasteiger charge is 2.33. The Morgan fingerprint density at radius 1 is 1.00 bits per heavy atom. The molecule has 3 rings (SSSR count). The lowest BCUT2D eigenvalue weighted by molar-refractivity contribution is -0.139. The molecule has 0 heterocycles. The third kappa shape index (κ3) is 8.16. The predicted octanol–water partition coefficient (Wildman–Crippen LogP) is 6.21. The van der Waals surface area contributed by atoms with Gasteiger partial charge in [0.15, 0.2) is 0 Å². The van der Waals surface area contributed by atoms with E-state index in [1.54, 1.807) is 49.4 Å². The van der Waals surface area contributed by atoms with E-state index in [2.05, 4.69) is 21.2 Å². The van der Waals surface area contributed by atoms with Crippen molar-refractivity contribution < 1.29 is 22.7 Å². The van der Waals surface area contributed by atoms with Crippen molar-refractivity contribution in [2.45, 2.75) is 51.2 Å². The van der Waals surface area contributed by atoms with E-state index in [1.807, 2.05) is 20.8 Å². The Balaban J connectivity index is 2.07.